The summed E-state index contributed by atoms with van der Waals surface area (Å²) in [6.45, 7) is 19.8. The molecule has 0 amide bonds. The zero-order chi connectivity index (χ0) is 76.1. The first-order valence-electron chi connectivity index (χ1n) is 42.5. The van der Waals surface area contributed by atoms with E-state index in [1.807, 2.05) is 32.0 Å². The van der Waals surface area contributed by atoms with Crippen LogP contribution in [-0.4, -0.2) is 211 Å². The molecule has 19 fully saturated rings. The first-order chi connectivity index (χ1) is 52.7. The molecule has 0 radical (unpaired) electrons. The molecule has 8 aliphatic carbocycles. The van der Waals surface area contributed by atoms with E-state index in [1.165, 1.54) is 83.5 Å². The summed E-state index contributed by atoms with van der Waals surface area (Å²) in [5.74, 6) is 3.19. The van der Waals surface area contributed by atoms with E-state index in [1.54, 1.807) is 12.1 Å². The molecule has 19 aliphatic rings. The third-order valence-electron chi connectivity index (χ3n) is 25.8. The normalized spacial score (nSPS) is 38.9. The number of benzene rings is 1. The van der Waals surface area contributed by atoms with Gasteiger partial charge in [0.25, 0.3) is 0 Å². The number of hydrogen-bond donors (Lipinski definition) is 0. The van der Waals surface area contributed by atoms with E-state index in [2.05, 4.69) is 32.1 Å². The summed E-state index contributed by atoms with van der Waals surface area (Å²) in [6, 6.07) is 8.95. The quantitative estimate of drug-likeness (QED) is 0.0260. The molecule has 11 aliphatic heterocycles. The van der Waals surface area contributed by atoms with Gasteiger partial charge in [-0.2, -0.15) is 0 Å². The summed E-state index contributed by atoms with van der Waals surface area (Å²) in [6.07, 6.45) is 42.8. The van der Waals surface area contributed by atoms with Crippen LogP contribution in [0.5, 0.6) is 0 Å². The highest BCUT2D eigenvalue weighted by Crippen LogP contribution is 2.57. The molecule has 8 saturated carbocycles. The van der Waals surface area contributed by atoms with Crippen molar-refractivity contribution in [2.75, 3.05) is 66.1 Å². The molecule has 11 heterocycles. The number of rotatable bonds is 27. The van der Waals surface area contributed by atoms with E-state index >= 15 is 0 Å². The molecule has 23 nitrogen and oxygen atoms in total. The second-order valence-corrected chi connectivity index (χ2v) is 35.5. The zero-order valence-corrected chi connectivity index (χ0v) is 65.8. The summed E-state index contributed by atoms with van der Waals surface area (Å²) < 4.78 is 89.6. The average molecular weight is 1530 g/mol. The zero-order valence-electron chi connectivity index (χ0n) is 65.8. The van der Waals surface area contributed by atoms with Crippen molar-refractivity contribution in [2.45, 2.75) is 343 Å². The fraction of sp³-hybridized carbons (Fsp3) is 0.837. The van der Waals surface area contributed by atoms with Crippen LogP contribution in [0.25, 0.3) is 0 Å². The van der Waals surface area contributed by atoms with E-state index in [-0.39, 0.29) is 76.7 Å². The molecular weight excluding hydrogens is 1400 g/mol. The van der Waals surface area contributed by atoms with Gasteiger partial charge < -0.3 is 80.5 Å². The number of unbranched alkanes of at least 4 members (excludes halogenated alkanes) is 4. The lowest BCUT2D eigenvalue weighted by atomic mass is 9.76. The molecule has 25 unspecified atom stereocenters. The number of epoxide rings is 11. The molecule has 1 aromatic carbocycles. The minimum atomic E-state index is -0.384. The number of esters is 6. The van der Waals surface area contributed by atoms with Gasteiger partial charge in [0, 0.05) is 18.9 Å². The smallest absolute Gasteiger partial charge is 0.338 e. The van der Waals surface area contributed by atoms with Gasteiger partial charge in [0.05, 0.1) is 154 Å². The van der Waals surface area contributed by atoms with Gasteiger partial charge in [0.1, 0.15) is 38.1 Å². The maximum Gasteiger partial charge on any atom is 0.338 e. The van der Waals surface area contributed by atoms with Gasteiger partial charge in [-0.25, -0.2) is 9.59 Å². The second-order valence-electron chi connectivity index (χ2n) is 35.5. The summed E-state index contributed by atoms with van der Waals surface area (Å²) >= 11 is 0. The van der Waals surface area contributed by atoms with E-state index in [0.29, 0.717) is 169 Å². The highest BCUT2D eigenvalue weighted by Gasteiger charge is 2.61. The molecule has 0 spiro atoms. The molecule has 1 aromatic rings. The van der Waals surface area contributed by atoms with Crippen LogP contribution >= 0.6 is 0 Å². The maximum absolute atomic E-state index is 12.0. The minimum Gasteiger partial charge on any atom is -0.465 e. The monoisotopic (exact) mass is 1530 g/mol. The Kier molecular flexibility index (Phi) is 29.2. The molecule has 2 bridgehead atoms. The number of carbonyl (C=O) groups is 6. The van der Waals surface area contributed by atoms with Gasteiger partial charge >= 0.3 is 35.8 Å². The lowest BCUT2D eigenvalue weighted by Crippen LogP contribution is -2.31. The lowest BCUT2D eigenvalue weighted by molar-refractivity contribution is -0.155. The van der Waals surface area contributed by atoms with Crippen molar-refractivity contribution in [1.82, 2.24) is 0 Å². The Morgan fingerprint density at radius 2 is 0.982 bits per heavy atom. The molecule has 25 atom stereocenters. The highest BCUT2D eigenvalue weighted by atomic mass is 16.6. The highest BCUT2D eigenvalue weighted by molar-refractivity contribution is 5.89. The Balaban J connectivity index is 0.000000113. The third-order valence-corrected chi connectivity index (χ3v) is 25.8. The Labute approximate surface area is 646 Å². The number of fused-ring (bicyclic) bond motifs is 11. The van der Waals surface area contributed by atoms with Crippen LogP contribution in [0.2, 0.25) is 0 Å². The lowest BCUT2D eigenvalue weighted by Gasteiger charge is -2.26. The predicted molar refractivity (Wildman–Crippen MR) is 398 cm³/mol. The molecule has 11 saturated heterocycles. The Morgan fingerprint density at radius 3 is 1.44 bits per heavy atom. The minimum absolute atomic E-state index is 0.00258. The topological polar surface area (TPSA) is 296 Å². The van der Waals surface area contributed by atoms with Crippen LogP contribution < -0.4 is 0 Å². The number of hydrogen-bond acceptors (Lipinski definition) is 23. The van der Waals surface area contributed by atoms with Crippen LogP contribution in [0.3, 0.4) is 0 Å². The van der Waals surface area contributed by atoms with Crippen molar-refractivity contribution >= 4 is 35.8 Å². The van der Waals surface area contributed by atoms with E-state index < -0.39 is 0 Å². The summed E-state index contributed by atoms with van der Waals surface area (Å²) in [5, 5.41) is 0. The van der Waals surface area contributed by atoms with Crippen LogP contribution in [0, 0.1) is 46.8 Å². The standard InChI is InChI=1S/C20H30O6.C14H20O4.C13H24O3.C10H10O3.C10H16O2.C7H10O.C6H8O3.C6H10O/c21-19(23-11-13-5-7-15-17(9-13)25-15)3-1-2-4-20(22)24-12-14-6-8-16-18(10-14)26-16;15-14(9-2-4-11-13(6-9)18-11)16-7-8-1-3-10-12(5-8)17-10;1-4-5-6-7-8-13(2,3)12(14)16-10-11-9-15-11;11-10(13-7-9-6-12-9)8-4-2-1-3-5-8;1-9-5-7(10(2)6-11-10)3-4-8(9)12-9;1-2-5-3-4(1)6-7(5)8-6;1-2-6(7)9-4-5-3-8-5;1-2-4-6-5(3-1)7-6/h13-18H,1-12H2;8-13H,1-7H2;11H,4-10H2,1-3H3;1-5,9H,6-7H2;7-8H,3-6H2,1-2H3;4-7H,1-3H2;2,5H,1,3-4H2;5-6H,1-4H2. The van der Waals surface area contributed by atoms with Gasteiger partial charge in [-0.3, -0.25) is 19.2 Å². The van der Waals surface area contributed by atoms with Crippen LogP contribution in [0.1, 0.15) is 244 Å². The summed E-state index contributed by atoms with van der Waals surface area (Å²) in [7, 11) is 0. The SMILES string of the molecule is C1CC2CC1C1OC21.C1CCC2OC2C1.C=CC(=O)OCC1CO1.CC1(C2CCC3OC3(C)C2)CO1.CCCCCCC(C)(C)C(=O)OCC1CO1.O=C(CCCCC(=O)OCC1CCC2OC2C1)OCC1CCC2OC2C1.O=C(OCC1CCC2OC2C1)C1CCC2OC2C1.O=C(OCC1CO1)c1ccccc1. The fourth-order valence-electron chi connectivity index (χ4n) is 17.5. The maximum atomic E-state index is 12.0. The van der Waals surface area contributed by atoms with Gasteiger partial charge in [-0.05, 0) is 223 Å². The van der Waals surface area contributed by atoms with Gasteiger partial charge in [-0.1, -0.05) is 70.2 Å². The van der Waals surface area contributed by atoms with E-state index in [4.69, 9.17) is 75.8 Å². The van der Waals surface area contributed by atoms with Gasteiger partial charge in [0.15, 0.2) is 0 Å². The van der Waals surface area contributed by atoms with Crippen molar-refractivity contribution in [3.8, 4) is 0 Å². The van der Waals surface area contributed by atoms with Crippen LogP contribution in [0.15, 0.2) is 43.0 Å². The number of carbonyl (C=O) groups excluding carboxylic acids is 6. The number of ether oxygens (including phenoxy) is 17. The molecule has 109 heavy (non-hydrogen) atoms. The summed E-state index contributed by atoms with van der Waals surface area (Å²) in [4.78, 5) is 69.0. The third kappa shape index (κ3) is 27.0. The molecule has 0 aromatic heterocycles. The van der Waals surface area contributed by atoms with E-state index in [9.17, 15) is 28.8 Å². The Morgan fingerprint density at radius 1 is 0.495 bits per heavy atom. The fourth-order valence-corrected chi connectivity index (χ4v) is 17.5. The second kappa shape index (κ2) is 38.7. The van der Waals surface area contributed by atoms with Crippen molar-refractivity contribution < 1.29 is 109 Å². The molecule has 0 N–H and O–H groups in total. The molecular formula is C86H128O23. The van der Waals surface area contributed by atoms with Crippen LogP contribution in [-0.2, 0) is 104 Å². The first-order valence-corrected chi connectivity index (χ1v) is 42.5. The first kappa shape index (κ1) is 82.3. The molecule has 20 rings (SSSR count). The molecule has 610 valence electrons. The van der Waals surface area contributed by atoms with E-state index in [0.717, 1.165) is 139 Å². The average Bonchev–Trinajstić information content (AvgIpc) is 1.58. The largest absolute Gasteiger partial charge is 0.465 e. The van der Waals surface area contributed by atoms with Gasteiger partial charge in [-0.15, -0.1) is 0 Å². The predicted octanol–water partition coefficient (Wildman–Crippen LogP) is 13.0. The van der Waals surface area contributed by atoms with Crippen molar-refractivity contribution in [2.24, 2.45) is 46.8 Å². The molecule has 23 heteroatoms. The van der Waals surface area contributed by atoms with Gasteiger partial charge in [0.2, 0.25) is 0 Å². The van der Waals surface area contributed by atoms with Crippen LogP contribution in [0.4, 0.5) is 0 Å². The summed E-state index contributed by atoms with van der Waals surface area (Å²) in [5.41, 5.74) is 0.698. The van der Waals surface area contributed by atoms with Crippen molar-refractivity contribution in [3.63, 3.8) is 0 Å². The van der Waals surface area contributed by atoms with Crippen molar-refractivity contribution in [3.05, 3.63) is 48.6 Å². The Hall–Kier alpha value is -4.66. The Bertz CT molecular complexity index is 3040. The van der Waals surface area contributed by atoms with Crippen molar-refractivity contribution in [1.29, 1.82) is 0 Å².